The second kappa shape index (κ2) is 9.07. The van der Waals surface area contributed by atoms with Crippen molar-refractivity contribution in [3.8, 4) is 0 Å². The Morgan fingerprint density at radius 1 is 0.630 bits per heavy atom. The van der Waals surface area contributed by atoms with E-state index in [9.17, 15) is 9.59 Å². The van der Waals surface area contributed by atoms with Crippen molar-refractivity contribution in [2.45, 2.75) is 60.8 Å². The number of carbonyl (C=O) groups excluding carboxylic acids is 2. The fourth-order valence-corrected chi connectivity index (χ4v) is 3.96. The van der Waals surface area contributed by atoms with Crippen LogP contribution in [0.25, 0.3) is 0 Å². The van der Waals surface area contributed by atoms with Gasteiger partial charge in [0, 0.05) is 21.1 Å². The molecule has 2 rings (SSSR count). The Bertz CT molecular complexity index is 613. The minimum atomic E-state index is -0.358. The molecule has 0 unspecified atom stereocenters. The number of hydrogen-bond acceptors (Lipinski definition) is 2. The van der Waals surface area contributed by atoms with Crippen molar-refractivity contribution in [3.05, 3.63) is 45.8 Å². The Morgan fingerprint density at radius 2 is 0.889 bits per heavy atom. The Labute approximate surface area is 164 Å². The van der Waals surface area contributed by atoms with Crippen LogP contribution in [0.4, 0.5) is 9.59 Å². The van der Waals surface area contributed by atoms with Crippen LogP contribution >= 0.6 is 0 Å². The molecular formula is C22H35N3O2. The summed E-state index contributed by atoms with van der Waals surface area (Å²) >= 11 is 0. The van der Waals surface area contributed by atoms with Crippen LogP contribution in [0.1, 0.15) is 54.2 Å². The second-order valence-electron chi connectivity index (χ2n) is 7.03. The monoisotopic (exact) mass is 373 g/mol. The molecule has 0 spiro atoms. The highest BCUT2D eigenvalue weighted by atomic mass is 16.2. The average Bonchev–Trinajstić information content (AvgIpc) is 2.65. The first-order valence-electron chi connectivity index (χ1n) is 9.63. The van der Waals surface area contributed by atoms with E-state index in [1.807, 2.05) is 0 Å². The van der Waals surface area contributed by atoms with E-state index in [2.05, 4.69) is 48.1 Å². The van der Waals surface area contributed by atoms with Crippen LogP contribution in [-0.2, 0) is 19.3 Å². The lowest BCUT2D eigenvalue weighted by Crippen LogP contribution is -2.55. The molecule has 27 heavy (non-hydrogen) atoms. The maximum absolute atomic E-state index is 11.2. The zero-order valence-electron chi connectivity index (χ0n) is 18.5. The molecule has 5 heteroatoms. The fourth-order valence-electron chi connectivity index (χ4n) is 3.96. The van der Waals surface area contributed by atoms with Crippen LogP contribution < -0.4 is 0 Å². The van der Waals surface area contributed by atoms with E-state index in [1.165, 1.54) is 33.5 Å². The molecule has 1 heterocycles. The molecule has 1 aromatic carbocycles. The van der Waals surface area contributed by atoms with Crippen LogP contribution in [0, 0.1) is 20.8 Å². The minimum Gasteiger partial charge on any atom is -0.283 e. The Kier molecular flexibility index (Phi) is 7.64. The van der Waals surface area contributed by atoms with Gasteiger partial charge in [-0.05, 0) is 73.4 Å². The van der Waals surface area contributed by atoms with Gasteiger partial charge in [0.25, 0.3) is 0 Å². The molecule has 0 N–H and O–H groups in total. The number of urea groups is 2. The molecule has 0 bridgehead atoms. The van der Waals surface area contributed by atoms with Gasteiger partial charge in [-0.15, -0.1) is 0 Å². The van der Waals surface area contributed by atoms with Crippen LogP contribution in [0.5, 0.6) is 0 Å². The summed E-state index contributed by atoms with van der Waals surface area (Å²) < 4.78 is 0. The third-order valence-corrected chi connectivity index (χ3v) is 5.70. The number of carbonyl (C=O) groups is 2. The Balaban J connectivity index is 0.000000277. The highest BCUT2D eigenvalue weighted by molar-refractivity contribution is 5.97. The summed E-state index contributed by atoms with van der Waals surface area (Å²) in [6, 6.07) is -0.716. The fraction of sp³-hybridized carbons (Fsp3) is 0.545. The quantitative estimate of drug-likeness (QED) is 0.763. The molecule has 1 aromatic rings. The van der Waals surface area contributed by atoms with Gasteiger partial charge in [-0.25, -0.2) is 14.5 Å². The number of amides is 4. The first-order valence-corrected chi connectivity index (χ1v) is 9.63. The van der Waals surface area contributed by atoms with Gasteiger partial charge >= 0.3 is 12.1 Å². The highest BCUT2D eigenvalue weighted by Crippen LogP contribution is 2.28. The summed E-state index contributed by atoms with van der Waals surface area (Å²) in [4.78, 5) is 26.1. The lowest BCUT2D eigenvalue weighted by molar-refractivity contribution is 0.134. The van der Waals surface area contributed by atoms with E-state index >= 15 is 0 Å². The lowest BCUT2D eigenvalue weighted by atomic mass is 9.85. The van der Waals surface area contributed by atoms with E-state index in [0.29, 0.717) is 5.82 Å². The molecular weight excluding hydrogens is 338 g/mol. The average molecular weight is 374 g/mol. The summed E-state index contributed by atoms with van der Waals surface area (Å²) in [7, 11) is 4.58. The smallest absolute Gasteiger partial charge is 0.283 e. The molecule has 0 atom stereocenters. The molecule has 1 fully saturated rings. The Hall–Kier alpha value is -2.30. The topological polar surface area (TPSA) is 43.9 Å². The van der Waals surface area contributed by atoms with Gasteiger partial charge in [0.1, 0.15) is 5.82 Å². The summed E-state index contributed by atoms with van der Waals surface area (Å²) in [6.45, 7) is 17.3. The van der Waals surface area contributed by atoms with E-state index < -0.39 is 0 Å². The molecule has 150 valence electrons. The van der Waals surface area contributed by atoms with Crippen LogP contribution in [0.2, 0.25) is 0 Å². The molecule has 0 aromatic heterocycles. The third kappa shape index (κ3) is 4.18. The summed E-state index contributed by atoms with van der Waals surface area (Å²) in [5.74, 6) is 0.392. The van der Waals surface area contributed by atoms with Crippen molar-refractivity contribution in [2.75, 3.05) is 21.1 Å². The third-order valence-electron chi connectivity index (χ3n) is 5.70. The SMILES string of the molecule is C=C1N(C)C(=O)N(C)C(=O)N1C.CCc1c(C)c(CC)c(C)c(CC)c1C. The van der Waals surface area contributed by atoms with Crippen molar-refractivity contribution in [1.82, 2.24) is 14.7 Å². The Morgan fingerprint density at radius 3 is 1.11 bits per heavy atom. The number of hydrogen-bond donors (Lipinski definition) is 0. The summed E-state index contributed by atoms with van der Waals surface area (Å²) in [5.41, 5.74) is 9.34. The van der Waals surface area contributed by atoms with E-state index in [1.54, 1.807) is 30.8 Å². The van der Waals surface area contributed by atoms with Crippen LogP contribution in [0.15, 0.2) is 12.4 Å². The molecule has 5 nitrogen and oxygen atoms in total. The molecule has 0 aliphatic carbocycles. The predicted molar refractivity (Wildman–Crippen MR) is 112 cm³/mol. The maximum atomic E-state index is 11.2. The normalized spacial score (nSPS) is 14.6. The largest absolute Gasteiger partial charge is 0.333 e. The maximum Gasteiger partial charge on any atom is 0.333 e. The summed E-state index contributed by atoms with van der Waals surface area (Å²) in [6.07, 6.45) is 3.49. The lowest BCUT2D eigenvalue weighted by Gasteiger charge is -2.36. The van der Waals surface area contributed by atoms with Crippen molar-refractivity contribution in [3.63, 3.8) is 0 Å². The van der Waals surface area contributed by atoms with Crippen molar-refractivity contribution >= 4 is 12.1 Å². The molecule has 1 aliphatic heterocycles. The van der Waals surface area contributed by atoms with E-state index in [0.717, 1.165) is 24.2 Å². The van der Waals surface area contributed by atoms with Gasteiger partial charge in [-0.3, -0.25) is 9.80 Å². The predicted octanol–water partition coefficient (Wildman–Crippen LogP) is 4.81. The zero-order valence-corrected chi connectivity index (χ0v) is 18.5. The van der Waals surface area contributed by atoms with Gasteiger partial charge in [0.15, 0.2) is 0 Å². The first-order chi connectivity index (χ1) is 12.5. The van der Waals surface area contributed by atoms with Gasteiger partial charge < -0.3 is 0 Å². The highest BCUT2D eigenvalue weighted by Gasteiger charge is 2.33. The standard InChI is InChI=1S/C15H24.C7H11N3O2/c1-7-13-10(4)14(8-2)12(6)15(9-3)11(13)5;1-5-8(2)6(11)10(4)7(12)9(5)3/h7-9H2,1-6H3;1H2,2-4H3. The first kappa shape index (κ1) is 22.7. The molecule has 0 saturated carbocycles. The van der Waals surface area contributed by atoms with Gasteiger partial charge in [0.05, 0.1) is 0 Å². The molecule has 1 aliphatic rings. The van der Waals surface area contributed by atoms with Crippen molar-refractivity contribution < 1.29 is 9.59 Å². The van der Waals surface area contributed by atoms with E-state index in [4.69, 9.17) is 0 Å². The van der Waals surface area contributed by atoms with Crippen molar-refractivity contribution in [2.24, 2.45) is 0 Å². The zero-order chi connectivity index (χ0) is 21.0. The van der Waals surface area contributed by atoms with Crippen LogP contribution in [-0.4, -0.2) is 47.9 Å². The number of nitrogens with zero attached hydrogens (tertiary/aromatic N) is 3. The summed E-state index contributed by atoms with van der Waals surface area (Å²) in [5, 5.41) is 0. The molecule has 1 saturated heterocycles. The molecule has 4 amide bonds. The van der Waals surface area contributed by atoms with Gasteiger partial charge in [0.2, 0.25) is 0 Å². The van der Waals surface area contributed by atoms with Gasteiger partial charge in [-0.2, -0.15) is 0 Å². The van der Waals surface area contributed by atoms with Gasteiger partial charge in [-0.1, -0.05) is 27.4 Å². The molecule has 0 radical (unpaired) electrons. The number of imide groups is 1. The van der Waals surface area contributed by atoms with Crippen LogP contribution in [0.3, 0.4) is 0 Å². The number of benzene rings is 1. The number of rotatable bonds is 3. The van der Waals surface area contributed by atoms with E-state index in [-0.39, 0.29) is 12.1 Å². The minimum absolute atomic E-state index is 0.358. The second-order valence-corrected chi connectivity index (χ2v) is 7.03. The van der Waals surface area contributed by atoms with Crippen molar-refractivity contribution in [1.29, 1.82) is 0 Å².